The fourth-order valence-corrected chi connectivity index (χ4v) is 4.74. The zero-order chi connectivity index (χ0) is 21.8. The summed E-state index contributed by atoms with van der Waals surface area (Å²) < 4.78 is 32.3. The third-order valence-corrected chi connectivity index (χ3v) is 7.12. The van der Waals surface area contributed by atoms with Gasteiger partial charge in [0.05, 0.1) is 24.7 Å². The molecule has 1 amide bonds. The summed E-state index contributed by atoms with van der Waals surface area (Å²) in [4.78, 5) is 14.8. The summed E-state index contributed by atoms with van der Waals surface area (Å²) in [6.07, 6.45) is 0. The molecule has 1 fully saturated rings. The first-order valence-electron chi connectivity index (χ1n) is 10.1. The van der Waals surface area contributed by atoms with E-state index >= 15 is 0 Å². The van der Waals surface area contributed by atoms with Crippen LogP contribution < -0.4 is 10.2 Å². The van der Waals surface area contributed by atoms with Crippen molar-refractivity contribution >= 4 is 38.1 Å². The predicted octanol–water partition coefficient (Wildman–Crippen LogP) is 2.94. The summed E-state index contributed by atoms with van der Waals surface area (Å²) in [6, 6.07) is 20.0. The maximum atomic E-state index is 12.9. The van der Waals surface area contributed by atoms with Crippen LogP contribution in [0.3, 0.4) is 0 Å². The summed E-state index contributed by atoms with van der Waals surface area (Å²) >= 11 is 0. The largest absolute Gasteiger partial charge is 0.378 e. The monoisotopic (exact) mass is 439 g/mol. The molecule has 162 valence electrons. The lowest BCUT2D eigenvalue weighted by Gasteiger charge is -2.28. The number of amides is 1. The van der Waals surface area contributed by atoms with Crippen LogP contribution in [0.1, 0.15) is 0 Å². The number of morpholine rings is 1. The highest BCUT2D eigenvalue weighted by Crippen LogP contribution is 2.22. The average Bonchev–Trinajstić information content (AvgIpc) is 2.79. The summed E-state index contributed by atoms with van der Waals surface area (Å²) in [5, 5.41) is 4.56. The molecule has 0 unspecified atom stereocenters. The number of hydrogen-bond donors (Lipinski definition) is 1. The minimum Gasteiger partial charge on any atom is -0.378 e. The predicted molar refractivity (Wildman–Crippen MR) is 122 cm³/mol. The molecule has 0 spiro atoms. The van der Waals surface area contributed by atoms with Gasteiger partial charge in [-0.2, -0.15) is 4.31 Å². The molecule has 31 heavy (non-hydrogen) atoms. The van der Waals surface area contributed by atoms with E-state index in [-0.39, 0.29) is 11.4 Å². The van der Waals surface area contributed by atoms with E-state index in [9.17, 15) is 13.2 Å². The normalized spacial score (nSPS) is 14.7. The van der Waals surface area contributed by atoms with Crippen LogP contribution >= 0.6 is 0 Å². The Kier molecular flexibility index (Phi) is 6.22. The Balaban J connectivity index is 1.40. The third kappa shape index (κ3) is 4.87. The van der Waals surface area contributed by atoms with Crippen LogP contribution in [-0.2, 0) is 19.6 Å². The lowest BCUT2D eigenvalue weighted by atomic mass is 10.1. The fraction of sp³-hybridized carbons (Fsp3) is 0.261. The smallest absolute Gasteiger partial charge is 0.243 e. The number of hydrogen-bond acceptors (Lipinski definition) is 5. The van der Waals surface area contributed by atoms with Gasteiger partial charge in [-0.15, -0.1) is 0 Å². The van der Waals surface area contributed by atoms with Crippen molar-refractivity contribution in [2.75, 3.05) is 50.1 Å². The maximum absolute atomic E-state index is 12.9. The number of sulfonamides is 1. The highest BCUT2D eigenvalue weighted by Gasteiger charge is 2.23. The average molecular weight is 440 g/mol. The number of fused-ring (bicyclic) bond motifs is 1. The van der Waals surface area contributed by atoms with Gasteiger partial charge in [0.25, 0.3) is 0 Å². The number of carbonyl (C=O) groups excluding carboxylic acids is 1. The molecule has 0 aromatic heterocycles. The first-order valence-corrected chi connectivity index (χ1v) is 11.6. The van der Waals surface area contributed by atoms with E-state index in [2.05, 4.69) is 10.2 Å². The highest BCUT2D eigenvalue weighted by atomic mass is 32.2. The molecule has 1 heterocycles. The Morgan fingerprint density at radius 1 is 1.00 bits per heavy atom. The van der Waals surface area contributed by atoms with Gasteiger partial charge in [0.1, 0.15) is 0 Å². The molecule has 1 aliphatic rings. The fourth-order valence-electron chi connectivity index (χ4n) is 3.57. The van der Waals surface area contributed by atoms with E-state index in [1.54, 1.807) is 18.2 Å². The van der Waals surface area contributed by atoms with Crippen LogP contribution in [0, 0.1) is 0 Å². The van der Waals surface area contributed by atoms with Crippen LogP contribution in [0.15, 0.2) is 71.6 Å². The summed E-state index contributed by atoms with van der Waals surface area (Å²) in [7, 11) is -2.38. The quantitative estimate of drug-likeness (QED) is 0.639. The molecule has 0 saturated carbocycles. The minimum atomic E-state index is -3.79. The highest BCUT2D eigenvalue weighted by molar-refractivity contribution is 7.89. The minimum absolute atomic E-state index is 0.163. The summed E-state index contributed by atoms with van der Waals surface area (Å²) in [6.45, 7) is 2.81. The van der Waals surface area contributed by atoms with Gasteiger partial charge >= 0.3 is 0 Å². The topological polar surface area (TPSA) is 79.0 Å². The number of carbonyl (C=O) groups is 1. The van der Waals surface area contributed by atoms with Crippen molar-refractivity contribution in [1.29, 1.82) is 0 Å². The molecule has 0 radical (unpaired) electrons. The SMILES string of the molecule is CN(CC(=O)Nc1ccc(N2CCOCC2)cc1)S(=O)(=O)c1ccc2ccccc2c1. The molecule has 3 aromatic rings. The van der Waals surface area contributed by atoms with Gasteiger partial charge in [0.15, 0.2) is 0 Å². The number of anilines is 2. The van der Waals surface area contributed by atoms with Gasteiger partial charge in [0, 0.05) is 31.5 Å². The number of nitrogens with one attached hydrogen (secondary N) is 1. The Bertz CT molecular complexity index is 1170. The second-order valence-electron chi connectivity index (χ2n) is 7.46. The summed E-state index contributed by atoms with van der Waals surface area (Å²) in [5.41, 5.74) is 1.69. The zero-order valence-electron chi connectivity index (χ0n) is 17.3. The van der Waals surface area contributed by atoms with Gasteiger partial charge in [-0.25, -0.2) is 8.42 Å². The Hall–Kier alpha value is -2.94. The van der Waals surface area contributed by atoms with Gasteiger partial charge < -0.3 is 15.0 Å². The van der Waals surface area contributed by atoms with Crippen LogP contribution in [0.2, 0.25) is 0 Å². The molecule has 1 aliphatic heterocycles. The molecular weight excluding hydrogens is 414 g/mol. The van der Waals surface area contributed by atoms with Crippen molar-refractivity contribution in [2.45, 2.75) is 4.90 Å². The third-order valence-electron chi connectivity index (χ3n) is 5.32. The lowest BCUT2D eigenvalue weighted by Crippen LogP contribution is -2.36. The van der Waals surface area contributed by atoms with Gasteiger partial charge in [0.2, 0.25) is 15.9 Å². The number of rotatable bonds is 6. The van der Waals surface area contributed by atoms with Crippen molar-refractivity contribution in [2.24, 2.45) is 0 Å². The number of nitrogens with zero attached hydrogens (tertiary/aromatic N) is 2. The van der Waals surface area contributed by atoms with Gasteiger partial charge in [-0.3, -0.25) is 4.79 Å². The van der Waals surface area contributed by atoms with Crippen molar-refractivity contribution < 1.29 is 17.9 Å². The molecule has 4 rings (SSSR count). The van der Waals surface area contributed by atoms with E-state index < -0.39 is 15.9 Å². The molecule has 7 nitrogen and oxygen atoms in total. The second-order valence-corrected chi connectivity index (χ2v) is 9.51. The molecule has 3 aromatic carbocycles. The van der Waals surface area contributed by atoms with Gasteiger partial charge in [-0.05, 0) is 47.2 Å². The number of ether oxygens (including phenoxy) is 1. The molecule has 1 saturated heterocycles. The van der Waals surface area contributed by atoms with Crippen molar-refractivity contribution in [1.82, 2.24) is 4.31 Å². The zero-order valence-corrected chi connectivity index (χ0v) is 18.1. The molecular formula is C23H25N3O4S. The van der Waals surface area contributed by atoms with E-state index in [4.69, 9.17) is 4.74 Å². The Labute approximate surface area is 182 Å². The van der Waals surface area contributed by atoms with Crippen LogP contribution in [0.4, 0.5) is 11.4 Å². The van der Waals surface area contributed by atoms with Crippen LogP contribution in [-0.4, -0.2) is 58.5 Å². The van der Waals surface area contributed by atoms with E-state index in [0.29, 0.717) is 18.9 Å². The molecule has 0 atom stereocenters. The Morgan fingerprint density at radius 3 is 2.39 bits per heavy atom. The number of likely N-dealkylation sites (N-methyl/N-ethyl adjacent to an activating group) is 1. The molecule has 0 bridgehead atoms. The van der Waals surface area contributed by atoms with Crippen molar-refractivity contribution in [3.63, 3.8) is 0 Å². The van der Waals surface area contributed by atoms with Crippen LogP contribution in [0.5, 0.6) is 0 Å². The van der Waals surface area contributed by atoms with Gasteiger partial charge in [-0.1, -0.05) is 30.3 Å². The standard InChI is InChI=1S/C23H25N3O4S/c1-25(31(28,29)22-11-6-18-4-2-3-5-19(18)16-22)17-23(27)24-20-7-9-21(10-8-20)26-12-14-30-15-13-26/h2-11,16H,12-15,17H2,1H3,(H,24,27). The summed E-state index contributed by atoms with van der Waals surface area (Å²) in [5.74, 6) is -0.397. The van der Waals surface area contributed by atoms with E-state index in [0.717, 1.165) is 33.9 Å². The van der Waals surface area contributed by atoms with Crippen molar-refractivity contribution in [3.05, 3.63) is 66.7 Å². The van der Waals surface area contributed by atoms with E-state index in [1.165, 1.54) is 7.05 Å². The first-order chi connectivity index (χ1) is 14.9. The number of benzene rings is 3. The second kappa shape index (κ2) is 9.05. The first kappa shape index (κ1) is 21.3. The van der Waals surface area contributed by atoms with Crippen LogP contribution in [0.25, 0.3) is 10.8 Å². The maximum Gasteiger partial charge on any atom is 0.243 e. The lowest BCUT2D eigenvalue weighted by molar-refractivity contribution is -0.116. The molecule has 8 heteroatoms. The molecule has 1 N–H and O–H groups in total. The van der Waals surface area contributed by atoms with Crippen molar-refractivity contribution in [3.8, 4) is 0 Å². The Morgan fingerprint density at radius 2 is 1.68 bits per heavy atom. The molecule has 0 aliphatic carbocycles. The van der Waals surface area contributed by atoms with E-state index in [1.807, 2.05) is 48.5 Å².